The lowest BCUT2D eigenvalue weighted by atomic mass is 9.83. The van der Waals surface area contributed by atoms with E-state index in [9.17, 15) is 10.2 Å². The van der Waals surface area contributed by atoms with Gasteiger partial charge in [-0.2, -0.15) is 0 Å². The summed E-state index contributed by atoms with van der Waals surface area (Å²) in [4.78, 5) is 2.23. The number of nitrogens with zero attached hydrogens (tertiary/aromatic N) is 3. The standard InChI is InChI=1S/C17H21N3O3S/c21-13-10-17(23-11-14(13)22)6-8-20(9-7-17)16-19-18-15(24-16)12-4-2-1-3-5-12/h1-5,13-14,21-22H,6-11H2/t13-,14+/m1/s1. The number of benzene rings is 1. The summed E-state index contributed by atoms with van der Waals surface area (Å²) < 4.78 is 5.88. The summed E-state index contributed by atoms with van der Waals surface area (Å²) in [5, 5.41) is 30.1. The molecule has 0 amide bonds. The number of aliphatic hydroxyl groups is 2. The van der Waals surface area contributed by atoms with Crippen LogP contribution in [0.3, 0.4) is 0 Å². The highest BCUT2D eigenvalue weighted by molar-refractivity contribution is 7.18. The van der Waals surface area contributed by atoms with Gasteiger partial charge >= 0.3 is 0 Å². The Labute approximate surface area is 144 Å². The van der Waals surface area contributed by atoms with Crippen molar-refractivity contribution >= 4 is 16.5 Å². The molecule has 2 aliphatic heterocycles. The first-order valence-electron chi connectivity index (χ1n) is 8.29. The van der Waals surface area contributed by atoms with Crippen molar-refractivity contribution in [1.29, 1.82) is 0 Å². The van der Waals surface area contributed by atoms with Gasteiger partial charge < -0.3 is 19.8 Å². The minimum atomic E-state index is -0.759. The molecule has 2 fully saturated rings. The Balaban J connectivity index is 1.42. The van der Waals surface area contributed by atoms with Gasteiger partial charge in [0.1, 0.15) is 11.1 Å². The Morgan fingerprint density at radius 1 is 1.08 bits per heavy atom. The predicted molar refractivity (Wildman–Crippen MR) is 92.1 cm³/mol. The van der Waals surface area contributed by atoms with Crippen molar-refractivity contribution in [2.24, 2.45) is 0 Å². The molecule has 1 aromatic carbocycles. The van der Waals surface area contributed by atoms with Crippen molar-refractivity contribution in [3.8, 4) is 10.6 Å². The molecule has 0 saturated carbocycles. The number of anilines is 1. The summed E-state index contributed by atoms with van der Waals surface area (Å²) >= 11 is 1.60. The first-order valence-corrected chi connectivity index (χ1v) is 9.11. The van der Waals surface area contributed by atoms with E-state index in [2.05, 4.69) is 15.1 Å². The number of aliphatic hydroxyl groups excluding tert-OH is 2. The molecule has 0 unspecified atom stereocenters. The maximum absolute atomic E-state index is 9.94. The van der Waals surface area contributed by atoms with Crippen LogP contribution in [0.15, 0.2) is 30.3 Å². The SMILES string of the molecule is O[C@@H]1CC2(CCN(c3nnc(-c4ccccc4)s3)CC2)OC[C@@H]1O. The number of ether oxygens (including phenoxy) is 1. The van der Waals surface area contributed by atoms with Crippen molar-refractivity contribution in [3.63, 3.8) is 0 Å². The largest absolute Gasteiger partial charge is 0.390 e. The molecular weight excluding hydrogens is 326 g/mol. The zero-order valence-corrected chi connectivity index (χ0v) is 14.2. The second-order valence-corrected chi connectivity index (χ2v) is 7.53. The van der Waals surface area contributed by atoms with Crippen LogP contribution < -0.4 is 4.90 Å². The summed E-state index contributed by atoms with van der Waals surface area (Å²) in [5.74, 6) is 0. The van der Waals surface area contributed by atoms with E-state index < -0.39 is 12.2 Å². The lowest BCUT2D eigenvalue weighted by Gasteiger charge is -2.46. The highest BCUT2D eigenvalue weighted by Gasteiger charge is 2.43. The van der Waals surface area contributed by atoms with Crippen LogP contribution in [0, 0.1) is 0 Å². The second kappa shape index (κ2) is 6.40. The average molecular weight is 347 g/mol. The Bertz CT molecular complexity index is 685. The van der Waals surface area contributed by atoms with Crippen molar-refractivity contribution < 1.29 is 14.9 Å². The van der Waals surface area contributed by atoms with E-state index in [4.69, 9.17) is 4.74 Å². The molecule has 6 nitrogen and oxygen atoms in total. The van der Waals surface area contributed by atoms with Crippen molar-refractivity contribution in [3.05, 3.63) is 30.3 Å². The fourth-order valence-electron chi connectivity index (χ4n) is 3.44. The molecule has 24 heavy (non-hydrogen) atoms. The molecule has 0 aliphatic carbocycles. The highest BCUT2D eigenvalue weighted by Crippen LogP contribution is 2.37. The van der Waals surface area contributed by atoms with Crippen molar-refractivity contribution in [1.82, 2.24) is 10.2 Å². The minimum Gasteiger partial charge on any atom is -0.390 e. The number of rotatable bonds is 2. The van der Waals surface area contributed by atoms with Crippen LogP contribution in [0.5, 0.6) is 0 Å². The van der Waals surface area contributed by atoms with Crippen LogP contribution in [-0.2, 0) is 4.74 Å². The third-order valence-corrected chi connectivity index (χ3v) is 6.00. The number of hydrogen-bond acceptors (Lipinski definition) is 7. The van der Waals surface area contributed by atoms with Gasteiger partial charge in [0.15, 0.2) is 0 Å². The molecule has 2 N–H and O–H groups in total. The van der Waals surface area contributed by atoms with E-state index in [-0.39, 0.29) is 12.2 Å². The Morgan fingerprint density at radius 2 is 1.83 bits per heavy atom. The molecule has 2 aromatic rings. The number of hydrogen-bond donors (Lipinski definition) is 2. The van der Waals surface area contributed by atoms with Gasteiger partial charge in [-0.05, 0) is 12.8 Å². The van der Waals surface area contributed by atoms with E-state index in [1.807, 2.05) is 30.3 Å². The fraction of sp³-hybridized carbons (Fsp3) is 0.529. The van der Waals surface area contributed by atoms with Crippen LogP contribution in [0.25, 0.3) is 10.6 Å². The van der Waals surface area contributed by atoms with E-state index in [0.29, 0.717) is 6.42 Å². The lowest BCUT2D eigenvalue weighted by Crippen LogP contribution is -2.54. The van der Waals surface area contributed by atoms with Crippen LogP contribution in [0.4, 0.5) is 5.13 Å². The first-order chi connectivity index (χ1) is 11.7. The van der Waals surface area contributed by atoms with Crippen molar-refractivity contribution in [2.75, 3.05) is 24.6 Å². The maximum Gasteiger partial charge on any atom is 0.208 e. The Morgan fingerprint density at radius 3 is 2.54 bits per heavy atom. The van der Waals surface area contributed by atoms with Gasteiger partial charge in [0.25, 0.3) is 0 Å². The van der Waals surface area contributed by atoms with Gasteiger partial charge in [0.05, 0.1) is 18.3 Å². The molecule has 1 aromatic heterocycles. The van der Waals surface area contributed by atoms with Gasteiger partial charge in [-0.1, -0.05) is 41.7 Å². The summed E-state index contributed by atoms with van der Waals surface area (Å²) in [6.45, 7) is 1.87. The summed E-state index contributed by atoms with van der Waals surface area (Å²) in [6.07, 6.45) is 0.725. The molecule has 128 valence electrons. The zero-order chi connectivity index (χ0) is 16.6. The smallest absolute Gasteiger partial charge is 0.208 e. The predicted octanol–water partition coefficient (Wildman–Crippen LogP) is 1.69. The molecule has 0 bridgehead atoms. The lowest BCUT2D eigenvalue weighted by molar-refractivity contribution is -0.178. The first kappa shape index (κ1) is 16.0. The van der Waals surface area contributed by atoms with Gasteiger partial charge in [-0.3, -0.25) is 0 Å². The van der Waals surface area contributed by atoms with Gasteiger partial charge in [0, 0.05) is 25.1 Å². The maximum atomic E-state index is 9.94. The van der Waals surface area contributed by atoms with E-state index >= 15 is 0 Å². The zero-order valence-electron chi connectivity index (χ0n) is 13.3. The number of piperidine rings is 1. The minimum absolute atomic E-state index is 0.220. The highest BCUT2D eigenvalue weighted by atomic mass is 32.1. The van der Waals surface area contributed by atoms with Crippen molar-refractivity contribution in [2.45, 2.75) is 37.1 Å². The van der Waals surface area contributed by atoms with Crippen LogP contribution in [-0.4, -0.2) is 57.9 Å². The van der Waals surface area contributed by atoms with Gasteiger partial charge in [0.2, 0.25) is 5.13 Å². The van der Waals surface area contributed by atoms with E-state index in [1.165, 1.54) is 0 Å². The molecule has 2 saturated heterocycles. The molecule has 7 heteroatoms. The van der Waals surface area contributed by atoms with E-state index in [0.717, 1.165) is 41.6 Å². The van der Waals surface area contributed by atoms with Gasteiger partial charge in [-0.25, -0.2) is 0 Å². The molecular formula is C17H21N3O3S. The van der Waals surface area contributed by atoms with Gasteiger partial charge in [-0.15, -0.1) is 10.2 Å². The van der Waals surface area contributed by atoms with E-state index in [1.54, 1.807) is 11.3 Å². The fourth-order valence-corrected chi connectivity index (χ4v) is 4.35. The van der Waals surface area contributed by atoms with Crippen LogP contribution in [0.1, 0.15) is 19.3 Å². The number of aromatic nitrogens is 2. The quantitative estimate of drug-likeness (QED) is 0.861. The Hall–Kier alpha value is -1.54. The van der Waals surface area contributed by atoms with Crippen LogP contribution >= 0.6 is 11.3 Å². The molecule has 2 atom stereocenters. The monoisotopic (exact) mass is 347 g/mol. The average Bonchev–Trinajstić information content (AvgIpc) is 3.10. The normalized spacial score (nSPS) is 26.7. The molecule has 2 aliphatic rings. The molecule has 0 radical (unpaired) electrons. The summed E-state index contributed by atoms with van der Waals surface area (Å²) in [6, 6.07) is 10.1. The molecule has 4 rings (SSSR count). The second-order valence-electron chi connectivity index (χ2n) is 6.58. The third-order valence-electron chi connectivity index (χ3n) is 4.97. The third kappa shape index (κ3) is 3.04. The molecule has 3 heterocycles. The Kier molecular flexibility index (Phi) is 4.26. The van der Waals surface area contributed by atoms with Crippen LogP contribution in [0.2, 0.25) is 0 Å². The summed E-state index contributed by atoms with van der Waals surface area (Å²) in [5.41, 5.74) is 0.782. The topological polar surface area (TPSA) is 78.7 Å². The molecule has 1 spiro atoms. The summed E-state index contributed by atoms with van der Waals surface area (Å²) in [7, 11) is 0.